The highest BCUT2D eigenvalue weighted by Gasteiger charge is 2.37. The largest absolute Gasteiger partial charge is 0.345 e. The van der Waals surface area contributed by atoms with Gasteiger partial charge in [-0.1, -0.05) is 73.6 Å². The molecule has 1 nitrogen and oxygen atoms in total. The molecule has 0 spiro atoms. The van der Waals surface area contributed by atoms with E-state index in [-0.39, 0.29) is 0 Å². The lowest BCUT2D eigenvalue weighted by molar-refractivity contribution is 0.270. The van der Waals surface area contributed by atoms with E-state index in [0.717, 1.165) is 0 Å². The van der Waals surface area contributed by atoms with Crippen molar-refractivity contribution in [2.75, 3.05) is 0 Å². The van der Waals surface area contributed by atoms with Crippen LogP contribution in [0.2, 0.25) is 0 Å². The number of halogens is 3. The Morgan fingerprint density at radius 2 is 1.31 bits per heavy atom. The standard InChI is InChI=1S/C8H18Br3NSi/c1-5-7(3)12(8(4)6-2)13(9,10)11/h7-8H,5-6H2,1-4H3. The minimum Gasteiger partial charge on any atom is -0.293 e. The number of rotatable bonds is 5. The molecule has 5 heteroatoms. The van der Waals surface area contributed by atoms with Crippen LogP contribution in [0.4, 0.5) is 0 Å². The average molecular weight is 396 g/mol. The van der Waals surface area contributed by atoms with Crippen LogP contribution in [0.3, 0.4) is 0 Å². The van der Waals surface area contributed by atoms with Crippen molar-refractivity contribution in [2.24, 2.45) is 0 Å². The normalized spacial score (nSPS) is 17.5. The molecular weight excluding hydrogens is 378 g/mol. The van der Waals surface area contributed by atoms with Crippen LogP contribution in [0.1, 0.15) is 40.5 Å². The Labute approximate surface area is 106 Å². The third kappa shape index (κ3) is 4.78. The van der Waals surface area contributed by atoms with Gasteiger partial charge < -0.3 is 0 Å². The van der Waals surface area contributed by atoms with Crippen molar-refractivity contribution >= 4 is 50.0 Å². The van der Waals surface area contributed by atoms with Gasteiger partial charge in [-0.05, 0) is 12.8 Å². The van der Waals surface area contributed by atoms with Crippen molar-refractivity contribution in [1.82, 2.24) is 4.57 Å². The van der Waals surface area contributed by atoms with E-state index in [1.165, 1.54) is 12.8 Å². The molecule has 0 rings (SSSR count). The smallest absolute Gasteiger partial charge is 0.293 e. The minimum atomic E-state index is -1.68. The van der Waals surface area contributed by atoms with Gasteiger partial charge in [0, 0.05) is 12.1 Å². The monoisotopic (exact) mass is 393 g/mol. The first-order chi connectivity index (χ1) is 5.84. The molecule has 13 heavy (non-hydrogen) atoms. The van der Waals surface area contributed by atoms with Crippen molar-refractivity contribution in [3.63, 3.8) is 0 Å². The van der Waals surface area contributed by atoms with E-state index in [4.69, 9.17) is 0 Å². The molecule has 0 aliphatic carbocycles. The van der Waals surface area contributed by atoms with Gasteiger partial charge in [-0.3, -0.25) is 4.57 Å². The fourth-order valence-corrected chi connectivity index (χ4v) is 8.98. The molecule has 0 radical (unpaired) electrons. The van der Waals surface area contributed by atoms with Crippen molar-refractivity contribution in [1.29, 1.82) is 0 Å². The van der Waals surface area contributed by atoms with Gasteiger partial charge in [-0.15, -0.1) is 0 Å². The lowest BCUT2D eigenvalue weighted by atomic mass is 10.2. The Balaban J connectivity index is 4.55. The van der Waals surface area contributed by atoms with Crippen molar-refractivity contribution < 1.29 is 0 Å². The quantitative estimate of drug-likeness (QED) is 0.489. The maximum absolute atomic E-state index is 3.73. The number of hydrogen-bond donors (Lipinski definition) is 0. The SMILES string of the molecule is CCC(C)N(C(C)CC)[Si](Br)(Br)Br. The topological polar surface area (TPSA) is 3.24 Å². The van der Waals surface area contributed by atoms with Gasteiger partial charge in [0.1, 0.15) is 0 Å². The Bertz CT molecular complexity index is 139. The second-order valence-electron chi connectivity index (χ2n) is 3.39. The third-order valence-electron chi connectivity index (χ3n) is 2.42. The van der Waals surface area contributed by atoms with Crippen molar-refractivity contribution in [3.05, 3.63) is 0 Å². The van der Waals surface area contributed by atoms with Crippen LogP contribution in [0, 0.1) is 0 Å². The fraction of sp³-hybridized carbons (Fsp3) is 1.00. The molecule has 0 aliphatic heterocycles. The van der Waals surface area contributed by atoms with Gasteiger partial charge in [0.05, 0.1) is 0 Å². The summed E-state index contributed by atoms with van der Waals surface area (Å²) < 4.78 is 0.837. The molecule has 0 N–H and O–H groups in total. The molecule has 0 amide bonds. The van der Waals surface area contributed by atoms with Gasteiger partial charge >= 0.3 is 4.09 Å². The summed E-state index contributed by atoms with van der Waals surface area (Å²) in [6, 6.07) is 1.22. The fourth-order valence-electron chi connectivity index (χ4n) is 1.33. The molecule has 0 aromatic heterocycles. The van der Waals surface area contributed by atoms with E-state index in [2.05, 4.69) is 78.1 Å². The Hall–Kier alpha value is 1.62. The molecule has 0 bridgehead atoms. The Morgan fingerprint density at radius 3 is 1.46 bits per heavy atom. The van der Waals surface area contributed by atoms with E-state index in [1.54, 1.807) is 0 Å². The van der Waals surface area contributed by atoms with E-state index < -0.39 is 4.09 Å². The molecule has 0 fully saturated rings. The first-order valence-corrected chi connectivity index (χ1v) is 13.4. The van der Waals surface area contributed by atoms with Gasteiger partial charge in [0.25, 0.3) is 0 Å². The third-order valence-corrected chi connectivity index (χ3v) is 7.58. The van der Waals surface area contributed by atoms with Gasteiger partial charge in [0.15, 0.2) is 0 Å². The van der Waals surface area contributed by atoms with Crippen LogP contribution < -0.4 is 0 Å². The molecule has 0 heterocycles. The molecule has 0 saturated heterocycles. The summed E-state index contributed by atoms with van der Waals surface area (Å²) in [4.78, 5) is 0. The zero-order chi connectivity index (χ0) is 10.6. The summed E-state index contributed by atoms with van der Waals surface area (Å²) in [5, 5.41) is 0. The van der Waals surface area contributed by atoms with Crippen LogP contribution in [-0.4, -0.2) is 20.7 Å². The lowest BCUT2D eigenvalue weighted by Gasteiger charge is -2.38. The first kappa shape index (κ1) is 14.6. The predicted octanol–water partition coefficient (Wildman–Crippen LogP) is 4.51. The second-order valence-corrected chi connectivity index (χ2v) is 24.7. The summed E-state index contributed by atoms with van der Waals surface area (Å²) in [5.74, 6) is 0. The van der Waals surface area contributed by atoms with Gasteiger partial charge in [-0.2, -0.15) is 0 Å². The van der Waals surface area contributed by atoms with Gasteiger partial charge in [0.2, 0.25) is 0 Å². The molecule has 2 unspecified atom stereocenters. The number of nitrogens with zero attached hydrogens (tertiary/aromatic N) is 1. The van der Waals surface area contributed by atoms with Crippen LogP contribution in [0.25, 0.3) is 0 Å². The van der Waals surface area contributed by atoms with Crippen LogP contribution in [0.5, 0.6) is 0 Å². The zero-order valence-electron chi connectivity index (χ0n) is 8.65. The van der Waals surface area contributed by atoms with E-state index >= 15 is 0 Å². The summed E-state index contributed by atoms with van der Waals surface area (Å²) in [5.41, 5.74) is 0. The van der Waals surface area contributed by atoms with E-state index in [9.17, 15) is 0 Å². The molecule has 0 aromatic carbocycles. The maximum Gasteiger partial charge on any atom is 0.345 e. The Morgan fingerprint density at radius 1 is 1.00 bits per heavy atom. The summed E-state index contributed by atoms with van der Waals surface area (Å²) in [6.45, 7) is 9.01. The first-order valence-electron chi connectivity index (χ1n) is 4.69. The molecule has 0 saturated carbocycles. The maximum atomic E-state index is 3.73. The highest BCUT2D eigenvalue weighted by molar-refractivity contribution is 9.71. The van der Waals surface area contributed by atoms with E-state index in [0.29, 0.717) is 12.1 Å². The van der Waals surface area contributed by atoms with Crippen molar-refractivity contribution in [2.45, 2.75) is 52.6 Å². The predicted molar refractivity (Wildman–Crippen MR) is 73.9 cm³/mol. The highest BCUT2D eigenvalue weighted by Crippen LogP contribution is 2.36. The van der Waals surface area contributed by atoms with Crippen LogP contribution in [-0.2, 0) is 0 Å². The molecular formula is C8H18Br3NSi. The minimum absolute atomic E-state index is 0.611. The molecule has 0 aromatic rings. The Kier molecular flexibility index (Phi) is 7.03. The van der Waals surface area contributed by atoms with Crippen LogP contribution in [0.15, 0.2) is 0 Å². The molecule has 2 atom stereocenters. The van der Waals surface area contributed by atoms with Crippen molar-refractivity contribution in [3.8, 4) is 0 Å². The number of hydrogen-bond acceptors (Lipinski definition) is 1. The summed E-state index contributed by atoms with van der Waals surface area (Å²) in [6.07, 6.45) is 2.36. The lowest BCUT2D eigenvalue weighted by Crippen LogP contribution is -2.50. The second kappa shape index (κ2) is 6.25. The van der Waals surface area contributed by atoms with Crippen LogP contribution >= 0.6 is 45.9 Å². The molecule has 80 valence electrons. The molecule has 0 aliphatic rings. The summed E-state index contributed by atoms with van der Waals surface area (Å²) in [7, 11) is 0. The summed E-state index contributed by atoms with van der Waals surface area (Å²) >= 11 is 11.2. The van der Waals surface area contributed by atoms with E-state index in [1.807, 2.05) is 0 Å². The zero-order valence-corrected chi connectivity index (χ0v) is 14.4. The average Bonchev–Trinajstić information content (AvgIpc) is 2.01. The van der Waals surface area contributed by atoms with Gasteiger partial charge in [-0.25, -0.2) is 0 Å². The highest BCUT2D eigenvalue weighted by atomic mass is 80.0.